The molecule has 0 spiro atoms. The summed E-state index contributed by atoms with van der Waals surface area (Å²) in [5.74, 6) is -0.260. The number of rotatable bonds is 7. The quantitative estimate of drug-likeness (QED) is 0.364. The normalized spacial score (nSPS) is 11.9. The molecule has 2 N–H and O–H groups in total. The van der Waals surface area contributed by atoms with E-state index in [-0.39, 0.29) is 27.1 Å². The number of H-pyrrole nitrogens is 1. The maximum Gasteiger partial charge on any atom is 0.270 e. The molecule has 2 aromatic carbocycles. The first-order chi connectivity index (χ1) is 15.5. The Kier molecular flexibility index (Phi) is 7.71. The van der Waals surface area contributed by atoms with E-state index in [1.807, 2.05) is 45.2 Å². The summed E-state index contributed by atoms with van der Waals surface area (Å²) < 4.78 is 25.8. The van der Waals surface area contributed by atoms with E-state index in [2.05, 4.69) is 15.3 Å². The number of hydrogen-bond acceptors (Lipinski definition) is 7. The highest BCUT2D eigenvalue weighted by molar-refractivity contribution is 7.99. The summed E-state index contributed by atoms with van der Waals surface area (Å²) in [6, 6.07) is 13.9. The predicted octanol–water partition coefficient (Wildman–Crippen LogP) is 4.35. The van der Waals surface area contributed by atoms with Crippen LogP contribution in [0, 0.1) is 0 Å². The summed E-state index contributed by atoms with van der Waals surface area (Å²) in [5.41, 5.74) is 0.761. The number of carbonyl (C=O) groups excluding carboxylic acids is 1. The van der Waals surface area contributed by atoms with Crippen LogP contribution in [0.15, 0.2) is 79.4 Å². The molecule has 0 aliphatic heterocycles. The Morgan fingerprint density at radius 1 is 1.12 bits per heavy atom. The first-order valence-electron chi connectivity index (χ1n) is 10.0. The Morgan fingerprint density at radius 2 is 1.82 bits per heavy atom. The van der Waals surface area contributed by atoms with E-state index in [4.69, 9.17) is 0 Å². The molecule has 3 rings (SSSR count). The molecule has 0 saturated heterocycles. The summed E-state index contributed by atoms with van der Waals surface area (Å²) in [7, 11) is -4.02. The molecule has 174 valence electrons. The fraction of sp³-hybridized carbons (Fsp3) is 0.261. The lowest BCUT2D eigenvalue weighted by Crippen LogP contribution is -2.20. The summed E-state index contributed by atoms with van der Waals surface area (Å²) >= 11 is 2.58. The molecule has 7 nitrogen and oxygen atoms in total. The molecular weight excluding hydrogens is 478 g/mol. The van der Waals surface area contributed by atoms with Gasteiger partial charge in [0.05, 0.1) is 16.8 Å². The van der Waals surface area contributed by atoms with Gasteiger partial charge in [-0.25, -0.2) is 13.4 Å². The lowest BCUT2D eigenvalue weighted by Gasteiger charge is -2.19. The van der Waals surface area contributed by atoms with Crippen molar-refractivity contribution < 1.29 is 13.2 Å². The third-order valence-electron chi connectivity index (χ3n) is 4.76. The Morgan fingerprint density at radius 3 is 2.42 bits per heavy atom. The fourth-order valence-corrected chi connectivity index (χ4v) is 5.25. The minimum atomic E-state index is -4.02. The third kappa shape index (κ3) is 6.27. The summed E-state index contributed by atoms with van der Waals surface area (Å²) in [4.78, 5) is 31.8. The molecule has 1 amide bonds. The fourth-order valence-electron chi connectivity index (χ4n) is 2.92. The Balaban J connectivity index is 1.70. The second-order valence-corrected chi connectivity index (χ2v) is 12.0. The molecule has 1 heterocycles. The highest BCUT2D eigenvalue weighted by Crippen LogP contribution is 2.25. The number of sulfone groups is 1. The van der Waals surface area contributed by atoms with E-state index in [9.17, 15) is 18.0 Å². The standard InChI is InChI=1S/C23H25N3O4S3/c1-23(2,3)15-8-10-18(11-9-15)33(29,30)19-13-24-22(26-21(19)28)32-14-20(27)25-16-6-5-7-17(12-16)31-4/h5-13H,14H2,1-4H3,(H,25,27)(H,24,26,28). The number of aromatic nitrogens is 2. The Bertz CT molecular complexity index is 1310. The summed E-state index contributed by atoms with van der Waals surface area (Å²) in [6.45, 7) is 6.09. The highest BCUT2D eigenvalue weighted by atomic mass is 32.2. The zero-order valence-corrected chi connectivity index (χ0v) is 21.2. The van der Waals surface area contributed by atoms with Gasteiger partial charge in [-0.05, 0) is 47.6 Å². The van der Waals surface area contributed by atoms with Crippen molar-refractivity contribution in [3.05, 3.63) is 70.6 Å². The average Bonchev–Trinajstić information content (AvgIpc) is 2.77. The molecule has 0 atom stereocenters. The van der Waals surface area contributed by atoms with Crippen molar-refractivity contribution in [2.75, 3.05) is 17.3 Å². The van der Waals surface area contributed by atoms with Crippen molar-refractivity contribution in [1.29, 1.82) is 0 Å². The van der Waals surface area contributed by atoms with Gasteiger partial charge in [-0.2, -0.15) is 0 Å². The number of nitrogens with one attached hydrogen (secondary N) is 2. The highest BCUT2D eigenvalue weighted by Gasteiger charge is 2.23. The van der Waals surface area contributed by atoms with Crippen molar-refractivity contribution in [3.63, 3.8) is 0 Å². The number of aromatic amines is 1. The lowest BCUT2D eigenvalue weighted by atomic mass is 9.87. The van der Waals surface area contributed by atoms with Crippen LogP contribution in [0.25, 0.3) is 0 Å². The van der Waals surface area contributed by atoms with E-state index in [0.29, 0.717) is 5.69 Å². The van der Waals surface area contributed by atoms with Gasteiger partial charge < -0.3 is 10.3 Å². The van der Waals surface area contributed by atoms with Crippen LogP contribution in [0.5, 0.6) is 0 Å². The molecule has 33 heavy (non-hydrogen) atoms. The zero-order chi connectivity index (χ0) is 24.2. The molecular formula is C23H25N3O4S3. The molecule has 3 aromatic rings. The van der Waals surface area contributed by atoms with Crippen LogP contribution in [-0.4, -0.2) is 36.3 Å². The summed E-state index contributed by atoms with van der Waals surface area (Å²) in [5, 5.41) is 2.95. The molecule has 1 aromatic heterocycles. The van der Waals surface area contributed by atoms with Crippen molar-refractivity contribution in [2.45, 2.75) is 46.0 Å². The second-order valence-electron chi connectivity index (χ2n) is 8.23. The van der Waals surface area contributed by atoms with E-state index in [0.717, 1.165) is 28.4 Å². The van der Waals surface area contributed by atoms with Gasteiger partial charge in [0.1, 0.15) is 0 Å². The predicted molar refractivity (Wildman–Crippen MR) is 133 cm³/mol. The number of hydrogen-bond donors (Lipinski definition) is 2. The van der Waals surface area contributed by atoms with E-state index >= 15 is 0 Å². The first-order valence-corrected chi connectivity index (χ1v) is 13.7. The molecule has 0 aliphatic rings. The smallest absolute Gasteiger partial charge is 0.270 e. The summed E-state index contributed by atoms with van der Waals surface area (Å²) in [6.07, 6.45) is 2.98. The van der Waals surface area contributed by atoms with Gasteiger partial charge >= 0.3 is 0 Å². The van der Waals surface area contributed by atoms with Gasteiger partial charge in [-0.15, -0.1) is 11.8 Å². The van der Waals surface area contributed by atoms with Crippen molar-refractivity contribution in [2.24, 2.45) is 0 Å². The number of anilines is 1. The van der Waals surface area contributed by atoms with Gasteiger partial charge in [0, 0.05) is 10.6 Å². The van der Waals surface area contributed by atoms with E-state index < -0.39 is 20.3 Å². The third-order valence-corrected chi connectivity index (χ3v) is 8.13. The van der Waals surface area contributed by atoms with Gasteiger partial charge in [0.25, 0.3) is 5.56 Å². The van der Waals surface area contributed by atoms with E-state index in [1.54, 1.807) is 30.0 Å². The Labute approximate surface area is 201 Å². The van der Waals surface area contributed by atoms with Crippen molar-refractivity contribution in [3.8, 4) is 0 Å². The Hall–Kier alpha value is -2.56. The van der Waals surface area contributed by atoms with Crippen molar-refractivity contribution >= 4 is 45.0 Å². The van der Waals surface area contributed by atoms with Crippen LogP contribution >= 0.6 is 23.5 Å². The second kappa shape index (κ2) is 10.1. The minimum absolute atomic E-state index is 0.00674. The van der Waals surface area contributed by atoms with E-state index in [1.165, 1.54) is 12.1 Å². The lowest BCUT2D eigenvalue weighted by molar-refractivity contribution is -0.113. The zero-order valence-electron chi connectivity index (χ0n) is 18.7. The minimum Gasteiger partial charge on any atom is -0.325 e. The maximum absolute atomic E-state index is 12.9. The van der Waals surface area contributed by atoms with Crippen LogP contribution in [0.2, 0.25) is 0 Å². The molecule has 0 fully saturated rings. The van der Waals surface area contributed by atoms with Gasteiger partial charge in [0.2, 0.25) is 15.7 Å². The molecule has 10 heteroatoms. The van der Waals surface area contributed by atoms with Crippen LogP contribution in [0.3, 0.4) is 0 Å². The first kappa shape index (κ1) is 25.1. The number of amides is 1. The van der Waals surface area contributed by atoms with Crippen molar-refractivity contribution in [1.82, 2.24) is 9.97 Å². The molecule has 0 bridgehead atoms. The van der Waals surface area contributed by atoms with Crippen LogP contribution in [0.1, 0.15) is 26.3 Å². The topological polar surface area (TPSA) is 109 Å². The molecule has 0 aliphatic carbocycles. The molecule has 0 unspecified atom stereocenters. The maximum atomic E-state index is 12.9. The monoisotopic (exact) mass is 503 g/mol. The average molecular weight is 504 g/mol. The number of benzene rings is 2. The van der Waals surface area contributed by atoms with Gasteiger partial charge in [-0.3, -0.25) is 9.59 Å². The SMILES string of the molecule is CSc1cccc(NC(=O)CSc2ncc(S(=O)(=O)c3ccc(C(C)(C)C)cc3)c(=O)[nH]2)c1. The van der Waals surface area contributed by atoms with Crippen LogP contribution in [-0.2, 0) is 20.0 Å². The molecule has 0 radical (unpaired) electrons. The van der Waals surface area contributed by atoms with Crippen LogP contribution < -0.4 is 10.9 Å². The largest absolute Gasteiger partial charge is 0.325 e. The van der Waals surface area contributed by atoms with Gasteiger partial charge in [-0.1, -0.05) is 50.7 Å². The van der Waals surface area contributed by atoms with Crippen LogP contribution in [0.4, 0.5) is 5.69 Å². The number of thioether (sulfide) groups is 2. The molecule has 0 saturated carbocycles. The number of carbonyl (C=O) groups is 1. The van der Waals surface area contributed by atoms with Gasteiger partial charge in [0.15, 0.2) is 10.1 Å². The number of nitrogens with zero attached hydrogens (tertiary/aromatic N) is 1.